The predicted octanol–water partition coefficient (Wildman–Crippen LogP) is 3.71. The third-order valence-corrected chi connectivity index (χ3v) is 5.13. The number of hydrogen-bond donors (Lipinski definition) is 3. The molecule has 0 aliphatic heterocycles. The standard InChI is InChI=1S/C20H40O4/c1-16(9-10-19(23)18(3)11-14-21)7-5-12-20(4,24)13-6-8-17(2)15-22/h16-18,21-22,24H,5-15H2,1-4H3/t16-,17?,18?,20+/m0/s1. The Balaban J connectivity index is 3.85. The highest BCUT2D eigenvalue weighted by atomic mass is 16.3. The molecule has 0 radical (unpaired) electrons. The van der Waals surface area contributed by atoms with Crippen LogP contribution < -0.4 is 0 Å². The Hall–Kier alpha value is -0.450. The van der Waals surface area contributed by atoms with Crippen molar-refractivity contribution >= 4 is 5.78 Å². The number of carbonyl (C=O) groups excluding carboxylic acids is 1. The van der Waals surface area contributed by atoms with Gasteiger partial charge in [0, 0.05) is 25.6 Å². The van der Waals surface area contributed by atoms with E-state index < -0.39 is 5.60 Å². The molecule has 0 bridgehead atoms. The van der Waals surface area contributed by atoms with Crippen molar-refractivity contribution in [2.24, 2.45) is 17.8 Å². The van der Waals surface area contributed by atoms with Gasteiger partial charge in [0.15, 0.2) is 0 Å². The quantitative estimate of drug-likeness (QED) is 0.423. The van der Waals surface area contributed by atoms with Crippen LogP contribution in [-0.2, 0) is 4.79 Å². The average Bonchev–Trinajstić information content (AvgIpc) is 2.52. The van der Waals surface area contributed by atoms with Gasteiger partial charge >= 0.3 is 0 Å². The van der Waals surface area contributed by atoms with Crippen LogP contribution >= 0.6 is 0 Å². The van der Waals surface area contributed by atoms with E-state index >= 15 is 0 Å². The molecular formula is C20H40O4. The van der Waals surface area contributed by atoms with Crippen molar-refractivity contribution in [3.8, 4) is 0 Å². The summed E-state index contributed by atoms with van der Waals surface area (Å²) in [6, 6.07) is 0. The fraction of sp³-hybridized carbons (Fsp3) is 0.950. The summed E-state index contributed by atoms with van der Waals surface area (Å²) in [4.78, 5) is 11.9. The summed E-state index contributed by atoms with van der Waals surface area (Å²) in [5, 5.41) is 28.3. The zero-order valence-corrected chi connectivity index (χ0v) is 16.3. The summed E-state index contributed by atoms with van der Waals surface area (Å²) >= 11 is 0. The van der Waals surface area contributed by atoms with Gasteiger partial charge in [-0.1, -0.05) is 40.0 Å². The molecule has 4 atom stereocenters. The van der Waals surface area contributed by atoms with Crippen LogP contribution in [0.15, 0.2) is 0 Å². The minimum atomic E-state index is -0.625. The lowest BCUT2D eigenvalue weighted by molar-refractivity contribution is -0.123. The lowest BCUT2D eigenvalue weighted by atomic mass is 9.88. The van der Waals surface area contributed by atoms with Crippen molar-refractivity contribution in [3.63, 3.8) is 0 Å². The molecule has 0 aromatic rings. The van der Waals surface area contributed by atoms with Crippen molar-refractivity contribution in [3.05, 3.63) is 0 Å². The van der Waals surface area contributed by atoms with Crippen LogP contribution in [0, 0.1) is 17.8 Å². The van der Waals surface area contributed by atoms with Gasteiger partial charge in [0.1, 0.15) is 5.78 Å². The average molecular weight is 345 g/mol. The monoisotopic (exact) mass is 344 g/mol. The van der Waals surface area contributed by atoms with Gasteiger partial charge in [-0.2, -0.15) is 0 Å². The fourth-order valence-corrected chi connectivity index (χ4v) is 3.01. The minimum Gasteiger partial charge on any atom is -0.396 e. The maximum Gasteiger partial charge on any atom is 0.135 e. The van der Waals surface area contributed by atoms with E-state index in [1.54, 1.807) is 0 Å². The van der Waals surface area contributed by atoms with E-state index in [1.165, 1.54) is 0 Å². The zero-order valence-electron chi connectivity index (χ0n) is 16.3. The first-order valence-electron chi connectivity index (χ1n) is 9.68. The molecule has 24 heavy (non-hydrogen) atoms. The van der Waals surface area contributed by atoms with Gasteiger partial charge in [0.05, 0.1) is 5.60 Å². The van der Waals surface area contributed by atoms with E-state index in [4.69, 9.17) is 10.2 Å². The van der Waals surface area contributed by atoms with Crippen molar-refractivity contribution in [2.45, 2.75) is 91.1 Å². The molecule has 2 unspecified atom stereocenters. The molecule has 0 saturated heterocycles. The van der Waals surface area contributed by atoms with Crippen LogP contribution in [0.2, 0.25) is 0 Å². The van der Waals surface area contributed by atoms with E-state index in [0.29, 0.717) is 24.7 Å². The van der Waals surface area contributed by atoms with Crippen LogP contribution in [0.4, 0.5) is 0 Å². The van der Waals surface area contributed by atoms with Gasteiger partial charge < -0.3 is 15.3 Å². The molecule has 0 spiro atoms. The molecular weight excluding hydrogens is 304 g/mol. The summed E-state index contributed by atoms with van der Waals surface area (Å²) in [5.74, 6) is 1.01. The van der Waals surface area contributed by atoms with Gasteiger partial charge in [-0.3, -0.25) is 4.79 Å². The molecule has 4 nitrogen and oxygen atoms in total. The molecule has 4 heteroatoms. The molecule has 0 heterocycles. The summed E-state index contributed by atoms with van der Waals surface area (Å²) < 4.78 is 0. The summed E-state index contributed by atoms with van der Waals surface area (Å²) in [6.07, 6.45) is 7.53. The van der Waals surface area contributed by atoms with E-state index in [2.05, 4.69) is 6.92 Å². The number of aliphatic hydroxyl groups excluding tert-OH is 2. The first-order valence-corrected chi connectivity index (χ1v) is 9.68. The summed E-state index contributed by atoms with van der Waals surface area (Å²) in [6.45, 7) is 8.28. The van der Waals surface area contributed by atoms with Gasteiger partial charge in [-0.05, 0) is 50.9 Å². The number of carbonyl (C=O) groups is 1. The molecule has 0 aliphatic rings. The molecule has 144 valence electrons. The molecule has 0 aromatic heterocycles. The smallest absolute Gasteiger partial charge is 0.135 e. The topological polar surface area (TPSA) is 77.8 Å². The van der Waals surface area contributed by atoms with Crippen LogP contribution in [0.3, 0.4) is 0 Å². The second-order valence-corrected chi connectivity index (χ2v) is 8.09. The van der Waals surface area contributed by atoms with E-state index in [-0.39, 0.29) is 24.9 Å². The van der Waals surface area contributed by atoms with Crippen molar-refractivity contribution < 1.29 is 20.1 Å². The first-order chi connectivity index (χ1) is 11.2. The summed E-state index contributed by atoms with van der Waals surface area (Å²) in [7, 11) is 0. The van der Waals surface area contributed by atoms with E-state index in [0.717, 1.165) is 44.9 Å². The molecule has 3 N–H and O–H groups in total. The zero-order chi connectivity index (χ0) is 18.6. The van der Waals surface area contributed by atoms with Crippen LogP contribution in [0.5, 0.6) is 0 Å². The minimum absolute atomic E-state index is 0.0377. The Morgan fingerprint density at radius 2 is 1.46 bits per heavy atom. The third kappa shape index (κ3) is 12.0. The number of ketones is 1. The second kappa shape index (κ2) is 12.8. The first kappa shape index (κ1) is 23.5. The Morgan fingerprint density at radius 1 is 0.917 bits per heavy atom. The number of rotatable bonds is 15. The normalized spacial score (nSPS) is 18.0. The SMILES string of the molecule is CC(CO)CCC[C@](C)(O)CCC[C@H](C)CCC(=O)C(C)CCO. The Morgan fingerprint density at radius 3 is 1.96 bits per heavy atom. The predicted molar refractivity (Wildman–Crippen MR) is 98.8 cm³/mol. The highest BCUT2D eigenvalue weighted by molar-refractivity contribution is 5.80. The maximum atomic E-state index is 11.9. The molecule has 0 fully saturated rings. The van der Waals surface area contributed by atoms with E-state index in [1.807, 2.05) is 20.8 Å². The van der Waals surface area contributed by atoms with Crippen molar-refractivity contribution in [1.29, 1.82) is 0 Å². The lowest BCUT2D eigenvalue weighted by Crippen LogP contribution is -2.24. The van der Waals surface area contributed by atoms with Crippen LogP contribution in [0.1, 0.15) is 85.5 Å². The number of Topliss-reactive ketones (excluding diaryl/α,β-unsaturated/α-hetero) is 1. The third-order valence-electron chi connectivity index (χ3n) is 5.13. The molecule has 0 aromatic carbocycles. The highest BCUT2D eigenvalue weighted by Gasteiger charge is 2.20. The van der Waals surface area contributed by atoms with Gasteiger partial charge in [-0.25, -0.2) is 0 Å². The van der Waals surface area contributed by atoms with Crippen molar-refractivity contribution in [1.82, 2.24) is 0 Å². The fourth-order valence-electron chi connectivity index (χ4n) is 3.01. The molecule has 0 amide bonds. The maximum absolute atomic E-state index is 11.9. The van der Waals surface area contributed by atoms with E-state index in [9.17, 15) is 9.90 Å². The Labute approximate surface area is 148 Å². The number of hydrogen-bond acceptors (Lipinski definition) is 4. The highest BCUT2D eigenvalue weighted by Crippen LogP contribution is 2.24. The lowest BCUT2D eigenvalue weighted by Gasteiger charge is -2.24. The molecule has 0 aliphatic carbocycles. The van der Waals surface area contributed by atoms with Crippen LogP contribution in [-0.4, -0.2) is 39.9 Å². The number of aliphatic hydroxyl groups is 3. The van der Waals surface area contributed by atoms with Crippen LogP contribution in [0.25, 0.3) is 0 Å². The van der Waals surface area contributed by atoms with Gasteiger partial charge in [0.2, 0.25) is 0 Å². The van der Waals surface area contributed by atoms with Gasteiger partial charge in [0.25, 0.3) is 0 Å². The summed E-state index contributed by atoms with van der Waals surface area (Å²) in [5.41, 5.74) is -0.625. The Kier molecular flexibility index (Phi) is 12.6. The second-order valence-electron chi connectivity index (χ2n) is 8.09. The molecule has 0 rings (SSSR count). The largest absolute Gasteiger partial charge is 0.396 e. The Bertz CT molecular complexity index is 328. The molecule has 0 saturated carbocycles. The van der Waals surface area contributed by atoms with Gasteiger partial charge in [-0.15, -0.1) is 0 Å². The van der Waals surface area contributed by atoms with Crippen molar-refractivity contribution in [2.75, 3.05) is 13.2 Å².